The summed E-state index contributed by atoms with van der Waals surface area (Å²) in [6, 6.07) is 2.87. The number of benzene rings is 1. The maximum atomic E-state index is 13.4. The predicted molar refractivity (Wildman–Crippen MR) is 132 cm³/mol. The summed E-state index contributed by atoms with van der Waals surface area (Å²) < 4.78 is 56.1. The Morgan fingerprint density at radius 2 is 2.03 bits per heavy atom. The number of aryl methyl sites for hydroxylation is 1. The zero-order chi connectivity index (χ0) is 25.8. The quantitative estimate of drug-likeness (QED) is 0.414. The topological polar surface area (TPSA) is 133 Å². The van der Waals surface area contributed by atoms with Gasteiger partial charge in [0.1, 0.15) is 11.5 Å². The fraction of sp³-hybridized carbons (Fsp3) is 0.545. The van der Waals surface area contributed by atoms with Gasteiger partial charge in [-0.25, -0.2) is 31.9 Å². The SMILES string of the molecule is Cc1nc(-c2nnc(C(F)F)s2)c2cc(S(=O)(=O)NC3(C)CC3)cc(N3C[C@@H](CO)N[C@@H](C)C3)c2n1. The number of aromatic nitrogens is 4. The molecule has 1 aliphatic heterocycles. The monoisotopic (exact) mass is 539 g/mol. The van der Waals surface area contributed by atoms with Crippen molar-refractivity contribution in [3.05, 3.63) is 23.0 Å². The number of alkyl halides is 2. The first-order valence-corrected chi connectivity index (χ1v) is 13.9. The fourth-order valence-electron chi connectivity index (χ4n) is 4.44. The van der Waals surface area contributed by atoms with Gasteiger partial charge in [0.05, 0.1) is 22.7 Å². The van der Waals surface area contributed by atoms with Gasteiger partial charge in [0.2, 0.25) is 10.0 Å². The van der Waals surface area contributed by atoms with E-state index in [0.717, 1.165) is 12.8 Å². The van der Waals surface area contributed by atoms with Crippen LogP contribution in [0.15, 0.2) is 17.0 Å². The van der Waals surface area contributed by atoms with E-state index >= 15 is 0 Å². The molecule has 5 rings (SSSR count). The van der Waals surface area contributed by atoms with Crippen LogP contribution >= 0.6 is 11.3 Å². The Hall–Kier alpha value is -2.39. The number of rotatable bonds is 7. The van der Waals surface area contributed by atoms with Crippen molar-refractivity contribution in [2.24, 2.45) is 0 Å². The smallest absolute Gasteiger partial charge is 0.291 e. The van der Waals surface area contributed by atoms with Crippen molar-refractivity contribution < 1.29 is 22.3 Å². The minimum Gasteiger partial charge on any atom is -0.395 e. The zero-order valence-electron chi connectivity index (χ0n) is 20.0. The van der Waals surface area contributed by atoms with E-state index in [-0.39, 0.29) is 34.3 Å². The highest BCUT2D eigenvalue weighted by Crippen LogP contribution is 2.39. The highest BCUT2D eigenvalue weighted by Gasteiger charge is 2.41. The fourth-order valence-corrected chi connectivity index (χ4v) is 6.65. The molecule has 0 spiro atoms. The maximum absolute atomic E-state index is 13.4. The van der Waals surface area contributed by atoms with Crippen molar-refractivity contribution >= 4 is 38.0 Å². The Morgan fingerprint density at radius 1 is 1.28 bits per heavy atom. The molecule has 36 heavy (non-hydrogen) atoms. The number of nitrogens with zero attached hydrogens (tertiary/aromatic N) is 5. The van der Waals surface area contributed by atoms with Crippen molar-refractivity contribution in [2.45, 2.75) is 62.6 Å². The molecule has 1 aromatic carbocycles. The highest BCUT2D eigenvalue weighted by molar-refractivity contribution is 7.89. The van der Waals surface area contributed by atoms with Crippen molar-refractivity contribution in [3.8, 4) is 10.7 Å². The Morgan fingerprint density at radius 3 is 2.67 bits per heavy atom. The Kier molecular flexibility index (Phi) is 6.44. The van der Waals surface area contributed by atoms with Crippen LogP contribution in [0.4, 0.5) is 14.5 Å². The van der Waals surface area contributed by atoms with Crippen molar-refractivity contribution in [1.82, 2.24) is 30.2 Å². The zero-order valence-corrected chi connectivity index (χ0v) is 21.6. The second kappa shape index (κ2) is 9.17. The molecule has 10 nitrogen and oxygen atoms in total. The number of sulfonamides is 1. The van der Waals surface area contributed by atoms with E-state index in [2.05, 4.69) is 30.2 Å². The van der Waals surface area contributed by atoms with Crippen molar-refractivity contribution in [1.29, 1.82) is 0 Å². The minimum atomic E-state index is -3.91. The first kappa shape index (κ1) is 25.3. The molecule has 3 N–H and O–H groups in total. The molecule has 2 aliphatic rings. The van der Waals surface area contributed by atoms with Crippen molar-refractivity contribution in [2.75, 3.05) is 24.6 Å². The number of halogens is 2. The molecule has 2 atom stereocenters. The molecule has 3 heterocycles. The van der Waals surface area contributed by atoms with Crippen LogP contribution < -0.4 is 14.9 Å². The second-order valence-electron chi connectivity index (χ2n) is 9.72. The molecule has 2 aromatic heterocycles. The van der Waals surface area contributed by atoms with E-state index in [1.165, 1.54) is 6.07 Å². The number of aliphatic hydroxyl groups is 1. The van der Waals surface area contributed by atoms with Gasteiger partial charge < -0.3 is 15.3 Å². The molecule has 3 aromatic rings. The average molecular weight is 540 g/mol. The summed E-state index contributed by atoms with van der Waals surface area (Å²) in [5.41, 5.74) is 0.802. The lowest BCUT2D eigenvalue weighted by Gasteiger charge is -2.38. The van der Waals surface area contributed by atoms with E-state index in [1.54, 1.807) is 13.0 Å². The number of piperazine rings is 1. The standard InChI is InChI=1S/C22H27F2N7O3S2/c1-11-8-31(9-13(10-32)25-11)16-7-14(36(33,34)30-22(3)4-5-22)6-15-17(16)26-12(2)27-18(15)20-28-29-21(35-20)19(23)24/h6-7,11,13,19,25,30,32H,4-5,8-10H2,1-3H3/t11-,13-/m0/s1. The Bertz CT molecular complexity index is 1410. The molecule has 194 valence electrons. The van der Waals surface area contributed by atoms with Crippen LogP contribution in [0.25, 0.3) is 21.6 Å². The molecule has 0 unspecified atom stereocenters. The number of hydrogen-bond acceptors (Lipinski definition) is 10. The molecule has 0 bridgehead atoms. The van der Waals surface area contributed by atoms with Crippen LogP contribution in [0.3, 0.4) is 0 Å². The van der Waals surface area contributed by atoms with Crippen LogP contribution in [0.5, 0.6) is 0 Å². The van der Waals surface area contributed by atoms with Crippen LogP contribution in [-0.4, -0.2) is 71.0 Å². The number of hydrogen-bond donors (Lipinski definition) is 3. The highest BCUT2D eigenvalue weighted by atomic mass is 32.2. The van der Waals surface area contributed by atoms with Gasteiger partial charge in [0.25, 0.3) is 6.43 Å². The van der Waals surface area contributed by atoms with E-state index in [4.69, 9.17) is 0 Å². The molecule has 0 radical (unpaired) electrons. The van der Waals surface area contributed by atoms with Gasteiger partial charge in [-0.15, -0.1) is 10.2 Å². The Labute approximate surface area is 211 Å². The number of nitrogens with one attached hydrogen (secondary N) is 2. The van der Waals surface area contributed by atoms with Gasteiger partial charge in [-0.2, -0.15) is 0 Å². The summed E-state index contributed by atoms with van der Waals surface area (Å²) in [6.07, 6.45) is -1.29. The third kappa shape index (κ3) is 4.92. The maximum Gasteiger partial charge on any atom is 0.291 e. The van der Waals surface area contributed by atoms with E-state index in [9.17, 15) is 22.3 Å². The van der Waals surface area contributed by atoms with E-state index < -0.39 is 27.0 Å². The van der Waals surface area contributed by atoms with Gasteiger partial charge in [-0.3, -0.25) is 0 Å². The predicted octanol–water partition coefficient (Wildman–Crippen LogP) is 2.38. The summed E-state index contributed by atoms with van der Waals surface area (Å²) in [4.78, 5) is 11.1. The summed E-state index contributed by atoms with van der Waals surface area (Å²) >= 11 is 0.713. The molecule has 1 saturated carbocycles. The van der Waals surface area contributed by atoms with E-state index in [1.807, 2.05) is 18.7 Å². The normalized spacial score (nSPS) is 21.9. The second-order valence-corrected chi connectivity index (χ2v) is 12.4. The number of aliphatic hydroxyl groups excluding tert-OH is 1. The first-order valence-electron chi connectivity index (χ1n) is 11.6. The van der Waals surface area contributed by atoms with Gasteiger partial charge in [-0.1, -0.05) is 11.3 Å². The third-order valence-electron chi connectivity index (χ3n) is 6.40. The van der Waals surface area contributed by atoms with Gasteiger partial charge in [0, 0.05) is 36.1 Å². The number of anilines is 1. The largest absolute Gasteiger partial charge is 0.395 e. The van der Waals surface area contributed by atoms with Crippen molar-refractivity contribution in [3.63, 3.8) is 0 Å². The van der Waals surface area contributed by atoms with Crippen LogP contribution in [0, 0.1) is 6.92 Å². The number of fused-ring (bicyclic) bond motifs is 1. The molecule has 14 heteroatoms. The van der Waals surface area contributed by atoms with Crippen LogP contribution in [0.1, 0.15) is 43.9 Å². The molecule has 0 amide bonds. The van der Waals surface area contributed by atoms with Gasteiger partial charge in [0.15, 0.2) is 10.0 Å². The van der Waals surface area contributed by atoms with E-state index in [0.29, 0.717) is 46.8 Å². The minimum absolute atomic E-state index is 0.0221. The van der Waals surface area contributed by atoms with Crippen LogP contribution in [-0.2, 0) is 10.0 Å². The summed E-state index contributed by atoms with van der Waals surface area (Å²) in [5, 5.41) is 20.7. The van der Waals surface area contributed by atoms with Crippen LogP contribution in [0.2, 0.25) is 0 Å². The Balaban J connectivity index is 1.73. The molecular weight excluding hydrogens is 512 g/mol. The summed E-state index contributed by atoms with van der Waals surface area (Å²) in [5.74, 6) is 0.383. The lowest BCUT2D eigenvalue weighted by atomic mass is 10.1. The van der Waals surface area contributed by atoms with Gasteiger partial charge >= 0.3 is 0 Å². The molecule has 1 saturated heterocycles. The molecule has 2 fully saturated rings. The van der Waals surface area contributed by atoms with Gasteiger partial charge in [-0.05, 0) is 45.7 Å². The average Bonchev–Trinajstić information content (AvgIpc) is 3.31. The lowest BCUT2D eigenvalue weighted by molar-refractivity contribution is 0.150. The molecular formula is C22H27F2N7O3S2. The lowest BCUT2D eigenvalue weighted by Crippen LogP contribution is -2.57. The first-order chi connectivity index (χ1) is 17.0. The summed E-state index contributed by atoms with van der Waals surface area (Å²) in [6.45, 7) is 6.40. The third-order valence-corrected chi connectivity index (χ3v) is 8.96. The molecule has 1 aliphatic carbocycles. The summed E-state index contributed by atoms with van der Waals surface area (Å²) in [7, 11) is -3.91.